The van der Waals surface area contributed by atoms with E-state index in [0.717, 1.165) is 6.26 Å². The van der Waals surface area contributed by atoms with Crippen LogP contribution in [-0.2, 0) is 14.8 Å². The molecule has 1 aromatic heterocycles. The van der Waals surface area contributed by atoms with Crippen LogP contribution in [-0.4, -0.2) is 32.7 Å². The summed E-state index contributed by atoms with van der Waals surface area (Å²) in [5.41, 5.74) is 1.28. The predicted molar refractivity (Wildman–Crippen MR) is 68.1 cm³/mol. The van der Waals surface area contributed by atoms with Gasteiger partial charge < -0.3 is 9.72 Å². The molecular weight excluding hydrogens is 256 g/mol. The minimum atomic E-state index is -3.41. The summed E-state index contributed by atoms with van der Waals surface area (Å²) < 4.78 is 29.5. The Labute approximate surface area is 104 Å². The highest BCUT2D eigenvalue weighted by atomic mass is 32.2. The van der Waals surface area contributed by atoms with Crippen molar-refractivity contribution in [1.82, 2.24) is 4.98 Å². The van der Waals surface area contributed by atoms with Crippen LogP contribution in [0.5, 0.6) is 0 Å². The van der Waals surface area contributed by atoms with Gasteiger partial charge in [0.2, 0.25) is 10.0 Å². The van der Waals surface area contributed by atoms with E-state index >= 15 is 0 Å². The highest BCUT2D eigenvalue weighted by Crippen LogP contribution is 2.25. The zero-order valence-electron chi connectivity index (χ0n) is 9.85. The fraction of sp³-hybridized carbons (Fsp3) is 0.182. The molecule has 0 aliphatic rings. The van der Waals surface area contributed by atoms with E-state index in [2.05, 4.69) is 14.4 Å². The summed E-state index contributed by atoms with van der Waals surface area (Å²) in [6.45, 7) is 0. The monoisotopic (exact) mass is 268 g/mol. The van der Waals surface area contributed by atoms with Crippen LogP contribution in [0.2, 0.25) is 0 Å². The minimum Gasteiger partial charge on any atom is -0.465 e. The van der Waals surface area contributed by atoms with Crippen LogP contribution in [0.3, 0.4) is 0 Å². The smallest absolute Gasteiger partial charge is 0.337 e. The largest absolute Gasteiger partial charge is 0.465 e. The third kappa shape index (κ3) is 2.45. The molecule has 0 atom stereocenters. The zero-order valence-corrected chi connectivity index (χ0v) is 10.7. The number of nitrogens with one attached hydrogen (secondary N) is 2. The summed E-state index contributed by atoms with van der Waals surface area (Å²) in [7, 11) is -2.14. The lowest BCUT2D eigenvalue weighted by molar-refractivity contribution is 0.0601. The Morgan fingerprint density at radius 3 is 2.72 bits per heavy atom. The fourth-order valence-corrected chi connectivity index (χ4v) is 2.26. The predicted octanol–water partition coefficient (Wildman–Crippen LogP) is 1.33. The van der Waals surface area contributed by atoms with E-state index in [1.54, 1.807) is 18.3 Å². The quantitative estimate of drug-likeness (QED) is 0.822. The summed E-state index contributed by atoms with van der Waals surface area (Å²) in [6.07, 6.45) is 2.72. The average molecular weight is 268 g/mol. The molecule has 0 radical (unpaired) electrons. The Hall–Kier alpha value is -2.02. The number of methoxy groups -OCH3 is 1. The Morgan fingerprint density at radius 2 is 2.11 bits per heavy atom. The number of sulfonamides is 1. The molecule has 2 aromatic rings. The number of H-pyrrole nitrogens is 1. The number of aromatic amines is 1. The molecule has 1 aromatic carbocycles. The van der Waals surface area contributed by atoms with Crippen molar-refractivity contribution >= 4 is 32.6 Å². The van der Waals surface area contributed by atoms with Crippen molar-refractivity contribution in [2.24, 2.45) is 0 Å². The summed E-state index contributed by atoms with van der Waals surface area (Å²) in [6, 6.07) is 4.78. The van der Waals surface area contributed by atoms with Gasteiger partial charge in [0, 0.05) is 17.1 Å². The molecule has 18 heavy (non-hydrogen) atoms. The lowest BCUT2D eigenvalue weighted by Crippen LogP contribution is -2.11. The van der Waals surface area contributed by atoms with Crippen LogP contribution in [0.25, 0.3) is 10.9 Å². The van der Waals surface area contributed by atoms with Gasteiger partial charge in [-0.25, -0.2) is 13.2 Å². The highest BCUT2D eigenvalue weighted by Gasteiger charge is 2.13. The van der Waals surface area contributed by atoms with Crippen molar-refractivity contribution in [2.75, 3.05) is 18.1 Å². The van der Waals surface area contributed by atoms with Crippen LogP contribution >= 0.6 is 0 Å². The zero-order chi connectivity index (χ0) is 13.3. The average Bonchev–Trinajstić information content (AvgIpc) is 2.74. The first kappa shape index (κ1) is 12.4. The van der Waals surface area contributed by atoms with Crippen LogP contribution in [0.15, 0.2) is 24.4 Å². The standard InChI is InChI=1S/C11H12N2O4S/c1-17-11(14)7-5-9-8(3-4-12-9)10(6-7)13-18(2,15)16/h3-6,12-13H,1-2H3. The van der Waals surface area contributed by atoms with Crippen molar-refractivity contribution in [3.05, 3.63) is 30.0 Å². The number of carbonyl (C=O) groups excluding carboxylic acids is 1. The normalized spacial score (nSPS) is 11.4. The number of benzene rings is 1. The molecule has 0 unspecified atom stereocenters. The van der Waals surface area contributed by atoms with Crippen LogP contribution in [0.4, 0.5) is 5.69 Å². The Kier molecular flexibility index (Phi) is 3.00. The van der Waals surface area contributed by atoms with Crippen LogP contribution in [0, 0.1) is 0 Å². The summed E-state index contributed by atoms with van der Waals surface area (Å²) in [5.74, 6) is -0.525. The third-order valence-electron chi connectivity index (χ3n) is 2.39. The first-order valence-electron chi connectivity index (χ1n) is 5.08. The lowest BCUT2D eigenvalue weighted by atomic mass is 10.1. The van der Waals surface area contributed by atoms with Gasteiger partial charge in [0.1, 0.15) is 0 Å². The minimum absolute atomic E-state index is 0.276. The van der Waals surface area contributed by atoms with E-state index in [9.17, 15) is 13.2 Å². The number of hydrogen-bond donors (Lipinski definition) is 2. The van der Waals surface area contributed by atoms with E-state index in [0.29, 0.717) is 16.6 Å². The molecule has 0 amide bonds. The van der Waals surface area contributed by atoms with Gasteiger partial charge in [-0.15, -0.1) is 0 Å². The van der Waals surface area contributed by atoms with E-state index in [-0.39, 0.29) is 5.56 Å². The van der Waals surface area contributed by atoms with Gasteiger partial charge in [0.25, 0.3) is 0 Å². The highest BCUT2D eigenvalue weighted by molar-refractivity contribution is 7.92. The molecule has 2 N–H and O–H groups in total. The van der Waals surface area contributed by atoms with E-state index in [4.69, 9.17) is 0 Å². The maximum Gasteiger partial charge on any atom is 0.337 e. The van der Waals surface area contributed by atoms with Crippen molar-refractivity contribution in [2.45, 2.75) is 0 Å². The lowest BCUT2D eigenvalue weighted by Gasteiger charge is -2.08. The van der Waals surface area contributed by atoms with Gasteiger partial charge in [-0.1, -0.05) is 0 Å². The van der Waals surface area contributed by atoms with E-state index in [1.165, 1.54) is 13.2 Å². The molecule has 0 saturated carbocycles. The number of esters is 1. The van der Waals surface area contributed by atoms with Gasteiger partial charge in [-0.05, 0) is 18.2 Å². The van der Waals surface area contributed by atoms with Crippen LogP contribution in [0.1, 0.15) is 10.4 Å². The van der Waals surface area contributed by atoms with Crippen molar-refractivity contribution in [1.29, 1.82) is 0 Å². The molecule has 0 saturated heterocycles. The Bertz CT molecular complexity index is 703. The number of anilines is 1. The molecule has 0 fully saturated rings. The number of carbonyl (C=O) groups is 1. The van der Waals surface area contributed by atoms with E-state index in [1.807, 2.05) is 0 Å². The molecule has 0 aliphatic heterocycles. The molecule has 0 aliphatic carbocycles. The summed E-state index contributed by atoms with van der Waals surface area (Å²) >= 11 is 0. The summed E-state index contributed by atoms with van der Waals surface area (Å²) in [5, 5.41) is 0.688. The number of aromatic nitrogens is 1. The fourth-order valence-electron chi connectivity index (χ4n) is 1.69. The number of ether oxygens (including phenoxy) is 1. The van der Waals surface area contributed by atoms with Gasteiger partial charge in [-0.2, -0.15) is 0 Å². The molecule has 2 rings (SSSR count). The van der Waals surface area contributed by atoms with Gasteiger partial charge in [0.05, 0.1) is 24.6 Å². The third-order valence-corrected chi connectivity index (χ3v) is 2.98. The molecule has 6 nitrogen and oxygen atoms in total. The maximum atomic E-state index is 11.5. The first-order valence-corrected chi connectivity index (χ1v) is 6.97. The molecule has 7 heteroatoms. The SMILES string of the molecule is COC(=O)c1cc(NS(C)(=O)=O)c2cc[nH]c2c1. The van der Waals surface area contributed by atoms with Crippen molar-refractivity contribution < 1.29 is 17.9 Å². The van der Waals surface area contributed by atoms with E-state index < -0.39 is 16.0 Å². The second-order valence-corrected chi connectivity index (χ2v) is 5.58. The van der Waals surface area contributed by atoms with Crippen molar-refractivity contribution in [3.8, 4) is 0 Å². The molecule has 0 spiro atoms. The Balaban J connectivity index is 2.62. The molecule has 96 valence electrons. The van der Waals surface area contributed by atoms with Gasteiger partial charge in [0.15, 0.2) is 0 Å². The Morgan fingerprint density at radius 1 is 1.39 bits per heavy atom. The van der Waals surface area contributed by atoms with Gasteiger partial charge in [-0.3, -0.25) is 4.72 Å². The maximum absolute atomic E-state index is 11.5. The van der Waals surface area contributed by atoms with Gasteiger partial charge >= 0.3 is 5.97 Å². The topological polar surface area (TPSA) is 88.3 Å². The molecule has 1 heterocycles. The number of fused-ring (bicyclic) bond motifs is 1. The number of rotatable bonds is 3. The molecule has 0 bridgehead atoms. The summed E-state index contributed by atoms with van der Waals surface area (Å²) in [4.78, 5) is 14.4. The first-order chi connectivity index (χ1) is 8.40. The second kappa shape index (κ2) is 4.34. The number of hydrogen-bond acceptors (Lipinski definition) is 4. The second-order valence-electron chi connectivity index (χ2n) is 3.83. The molecular formula is C11H12N2O4S. The van der Waals surface area contributed by atoms with Crippen molar-refractivity contribution in [3.63, 3.8) is 0 Å². The van der Waals surface area contributed by atoms with Crippen LogP contribution < -0.4 is 4.72 Å².